The molecule has 1 atom stereocenters. The van der Waals surface area contributed by atoms with E-state index in [1.807, 2.05) is 36.0 Å². The molecule has 1 unspecified atom stereocenters. The van der Waals surface area contributed by atoms with E-state index in [0.29, 0.717) is 6.61 Å². The minimum Gasteiger partial charge on any atom is -0.492 e. The summed E-state index contributed by atoms with van der Waals surface area (Å²) in [6, 6.07) is 7.87. The third-order valence-corrected chi connectivity index (χ3v) is 4.79. The van der Waals surface area contributed by atoms with E-state index in [-0.39, 0.29) is 12.5 Å². The van der Waals surface area contributed by atoms with Crippen LogP contribution >= 0.6 is 27.7 Å². The molecule has 1 aliphatic rings. The molecule has 0 radical (unpaired) electrons. The summed E-state index contributed by atoms with van der Waals surface area (Å²) in [5.74, 6) is 2.06. The molecule has 1 saturated heterocycles. The second-order valence-corrected chi connectivity index (χ2v) is 6.73. The van der Waals surface area contributed by atoms with Crippen molar-refractivity contribution in [2.75, 3.05) is 31.2 Å². The Morgan fingerprint density at radius 3 is 3.15 bits per heavy atom. The van der Waals surface area contributed by atoms with E-state index in [1.54, 1.807) is 0 Å². The van der Waals surface area contributed by atoms with E-state index in [1.165, 1.54) is 0 Å². The number of aliphatic carboxylic acids is 1. The Kier molecular flexibility index (Phi) is 6.19. The van der Waals surface area contributed by atoms with Gasteiger partial charge in [-0.3, -0.25) is 9.69 Å². The summed E-state index contributed by atoms with van der Waals surface area (Å²) in [5, 5.41) is 8.95. The summed E-state index contributed by atoms with van der Waals surface area (Å²) in [5.41, 5.74) is 0. The van der Waals surface area contributed by atoms with Crippen LogP contribution in [0.15, 0.2) is 28.7 Å². The lowest BCUT2D eigenvalue weighted by atomic mass is 10.2. The van der Waals surface area contributed by atoms with Gasteiger partial charge in [0.2, 0.25) is 0 Å². The first-order chi connectivity index (χ1) is 9.65. The molecule has 20 heavy (non-hydrogen) atoms. The summed E-state index contributed by atoms with van der Waals surface area (Å²) >= 11 is 5.24. The molecule has 1 aromatic rings. The number of hydrogen-bond donors (Lipinski definition) is 1. The highest BCUT2D eigenvalue weighted by molar-refractivity contribution is 9.10. The molecule has 1 aromatic carbocycles. The summed E-state index contributed by atoms with van der Waals surface area (Å²) in [6.45, 7) is 2.28. The van der Waals surface area contributed by atoms with E-state index in [2.05, 4.69) is 20.8 Å². The Balaban J connectivity index is 1.80. The third-order valence-electron chi connectivity index (χ3n) is 3.20. The van der Waals surface area contributed by atoms with Gasteiger partial charge in [-0.25, -0.2) is 0 Å². The van der Waals surface area contributed by atoms with Crippen LogP contribution in [0.1, 0.15) is 6.42 Å². The zero-order valence-corrected chi connectivity index (χ0v) is 13.5. The normalized spacial score (nSPS) is 19.8. The number of carbonyl (C=O) groups is 1. The van der Waals surface area contributed by atoms with Gasteiger partial charge in [-0.1, -0.05) is 22.0 Å². The molecular weight excluding hydrogens is 342 g/mol. The number of rotatable bonds is 6. The number of nitrogens with zero attached hydrogens (tertiary/aromatic N) is 1. The largest absolute Gasteiger partial charge is 0.492 e. The molecule has 0 aliphatic carbocycles. The number of ether oxygens (including phenoxy) is 1. The van der Waals surface area contributed by atoms with Crippen LogP contribution in [0.3, 0.4) is 0 Å². The molecule has 6 heteroatoms. The van der Waals surface area contributed by atoms with Crippen LogP contribution in [-0.4, -0.2) is 53.2 Å². The zero-order chi connectivity index (χ0) is 14.4. The lowest BCUT2D eigenvalue weighted by Gasteiger charge is -2.34. The molecule has 4 nitrogen and oxygen atoms in total. The Hall–Kier alpha value is -0.720. The molecule has 110 valence electrons. The van der Waals surface area contributed by atoms with Crippen LogP contribution in [0, 0.1) is 0 Å². The number of hydrogen-bond acceptors (Lipinski definition) is 4. The van der Waals surface area contributed by atoms with Crippen molar-refractivity contribution >= 4 is 33.7 Å². The van der Waals surface area contributed by atoms with Gasteiger partial charge in [-0.05, 0) is 18.2 Å². The summed E-state index contributed by atoms with van der Waals surface area (Å²) in [4.78, 5) is 13.1. The van der Waals surface area contributed by atoms with E-state index in [4.69, 9.17) is 9.84 Å². The van der Waals surface area contributed by atoms with Gasteiger partial charge in [0.1, 0.15) is 12.4 Å². The average molecular weight is 360 g/mol. The second kappa shape index (κ2) is 7.90. The molecule has 1 N–H and O–H groups in total. The highest BCUT2D eigenvalue weighted by Gasteiger charge is 2.24. The molecule has 0 aromatic heterocycles. The van der Waals surface area contributed by atoms with Crippen LogP contribution in [0.5, 0.6) is 5.75 Å². The molecule has 0 spiro atoms. The Labute approximate surface area is 131 Å². The quantitative estimate of drug-likeness (QED) is 0.846. The lowest BCUT2D eigenvalue weighted by Crippen LogP contribution is -2.45. The van der Waals surface area contributed by atoms with Gasteiger partial charge in [0.25, 0.3) is 0 Å². The number of benzene rings is 1. The fourth-order valence-corrected chi connectivity index (χ4v) is 3.72. The maximum absolute atomic E-state index is 10.9. The Morgan fingerprint density at radius 1 is 1.55 bits per heavy atom. The average Bonchev–Trinajstić information content (AvgIpc) is 2.40. The Bertz CT molecular complexity index is 458. The van der Waals surface area contributed by atoms with Crippen LogP contribution in [0.25, 0.3) is 0 Å². The highest BCUT2D eigenvalue weighted by Crippen LogP contribution is 2.20. The van der Waals surface area contributed by atoms with Crippen molar-refractivity contribution in [1.82, 2.24) is 4.90 Å². The van der Waals surface area contributed by atoms with E-state index >= 15 is 0 Å². The zero-order valence-electron chi connectivity index (χ0n) is 11.1. The van der Waals surface area contributed by atoms with Gasteiger partial charge in [-0.15, -0.1) is 0 Å². The molecular formula is C14H18BrNO3S. The van der Waals surface area contributed by atoms with Crippen molar-refractivity contribution in [1.29, 1.82) is 0 Å². The maximum atomic E-state index is 10.9. The van der Waals surface area contributed by atoms with Crippen molar-refractivity contribution in [3.05, 3.63) is 28.7 Å². The van der Waals surface area contributed by atoms with E-state index in [0.717, 1.165) is 34.8 Å². The smallest absolute Gasteiger partial charge is 0.304 e. The van der Waals surface area contributed by atoms with Crippen LogP contribution < -0.4 is 4.74 Å². The van der Waals surface area contributed by atoms with E-state index in [9.17, 15) is 4.79 Å². The van der Waals surface area contributed by atoms with Gasteiger partial charge in [0.05, 0.1) is 6.42 Å². The molecule has 1 aliphatic heterocycles. The summed E-state index contributed by atoms with van der Waals surface area (Å²) in [7, 11) is 0. The number of halogens is 1. The number of carboxylic acid groups (broad SMARTS) is 1. The van der Waals surface area contributed by atoms with Crippen LogP contribution in [0.2, 0.25) is 0 Å². The first-order valence-electron chi connectivity index (χ1n) is 6.57. The van der Waals surface area contributed by atoms with Crippen molar-refractivity contribution in [3.63, 3.8) is 0 Å². The molecule has 1 heterocycles. The van der Waals surface area contributed by atoms with Crippen LogP contribution in [-0.2, 0) is 4.79 Å². The summed E-state index contributed by atoms with van der Waals surface area (Å²) in [6.07, 6.45) is 0.212. The monoisotopic (exact) mass is 359 g/mol. The molecule has 0 bridgehead atoms. The Morgan fingerprint density at radius 2 is 2.40 bits per heavy atom. The van der Waals surface area contributed by atoms with Crippen molar-refractivity contribution in [3.8, 4) is 5.75 Å². The predicted molar refractivity (Wildman–Crippen MR) is 84.6 cm³/mol. The first kappa shape index (κ1) is 15.7. The van der Waals surface area contributed by atoms with Gasteiger partial charge >= 0.3 is 5.97 Å². The summed E-state index contributed by atoms with van der Waals surface area (Å²) < 4.78 is 6.71. The van der Waals surface area contributed by atoms with Gasteiger partial charge in [0, 0.05) is 35.1 Å². The predicted octanol–water partition coefficient (Wildman–Crippen LogP) is 2.72. The third kappa shape index (κ3) is 5.00. The van der Waals surface area contributed by atoms with Crippen molar-refractivity contribution in [2.45, 2.75) is 12.5 Å². The molecule has 0 amide bonds. The first-order valence-corrected chi connectivity index (χ1v) is 8.52. The fourth-order valence-electron chi connectivity index (χ4n) is 2.21. The molecule has 1 fully saturated rings. The number of carboxylic acids is 1. The minimum atomic E-state index is -0.726. The fraction of sp³-hybridized carbons (Fsp3) is 0.500. The molecule has 0 saturated carbocycles. The SMILES string of the molecule is O=C(O)CC1CSCCN1CCOc1cccc(Br)c1. The van der Waals surface area contributed by atoms with Crippen LogP contribution in [0.4, 0.5) is 0 Å². The maximum Gasteiger partial charge on any atom is 0.304 e. The van der Waals surface area contributed by atoms with Gasteiger partial charge in [0.15, 0.2) is 0 Å². The van der Waals surface area contributed by atoms with Crippen molar-refractivity contribution < 1.29 is 14.6 Å². The molecule has 2 rings (SSSR count). The second-order valence-electron chi connectivity index (χ2n) is 4.67. The highest BCUT2D eigenvalue weighted by atomic mass is 79.9. The lowest BCUT2D eigenvalue weighted by molar-refractivity contribution is -0.138. The topological polar surface area (TPSA) is 49.8 Å². The van der Waals surface area contributed by atoms with Gasteiger partial charge in [-0.2, -0.15) is 11.8 Å². The minimum absolute atomic E-state index is 0.123. The standard InChI is InChI=1S/C14H18BrNO3S/c15-11-2-1-3-13(8-11)19-6-4-16-5-7-20-10-12(16)9-14(17)18/h1-3,8,12H,4-7,9-10H2,(H,17,18). The van der Waals surface area contributed by atoms with Crippen molar-refractivity contribution in [2.24, 2.45) is 0 Å². The van der Waals surface area contributed by atoms with Gasteiger partial charge < -0.3 is 9.84 Å². The number of thioether (sulfide) groups is 1. The van der Waals surface area contributed by atoms with E-state index < -0.39 is 5.97 Å².